The molecule has 5 unspecified atom stereocenters. The lowest BCUT2D eigenvalue weighted by Gasteiger charge is -2.38. The predicted molar refractivity (Wildman–Crippen MR) is 64.6 cm³/mol. The second kappa shape index (κ2) is 3.79. The molecule has 0 spiro atoms. The minimum absolute atomic E-state index is 0.943. The monoisotopic (exact) mass is 206 g/mol. The van der Waals surface area contributed by atoms with Gasteiger partial charge in [0.05, 0.1) is 0 Å². The number of hydrogen-bond donors (Lipinski definition) is 0. The molecular weight excluding hydrogens is 180 g/mol. The Morgan fingerprint density at radius 3 is 2.27 bits per heavy atom. The van der Waals surface area contributed by atoms with Crippen molar-refractivity contribution in [1.29, 1.82) is 0 Å². The Morgan fingerprint density at radius 1 is 0.800 bits per heavy atom. The summed E-state index contributed by atoms with van der Waals surface area (Å²) < 4.78 is 0. The van der Waals surface area contributed by atoms with Crippen LogP contribution in [-0.4, -0.2) is 0 Å². The van der Waals surface area contributed by atoms with Crippen LogP contribution in [0.15, 0.2) is 0 Å². The summed E-state index contributed by atoms with van der Waals surface area (Å²) in [4.78, 5) is 0. The molecule has 0 saturated heterocycles. The Kier molecular flexibility index (Phi) is 2.57. The molecule has 0 heteroatoms. The van der Waals surface area contributed by atoms with Crippen LogP contribution in [-0.2, 0) is 0 Å². The lowest BCUT2D eigenvalue weighted by Crippen LogP contribution is -2.30. The van der Waals surface area contributed by atoms with Crippen LogP contribution >= 0.6 is 0 Å². The van der Waals surface area contributed by atoms with Crippen molar-refractivity contribution in [3.8, 4) is 0 Å². The minimum Gasteiger partial charge on any atom is -0.0625 e. The molecule has 5 atom stereocenters. The zero-order valence-electron chi connectivity index (χ0n) is 10.4. The highest BCUT2D eigenvalue weighted by Gasteiger charge is 2.45. The van der Waals surface area contributed by atoms with Crippen molar-refractivity contribution in [1.82, 2.24) is 0 Å². The molecule has 0 radical (unpaired) electrons. The first-order valence-electron chi connectivity index (χ1n) is 7.25. The van der Waals surface area contributed by atoms with Gasteiger partial charge in [0.25, 0.3) is 0 Å². The van der Waals surface area contributed by atoms with E-state index < -0.39 is 0 Å². The fraction of sp³-hybridized carbons (Fsp3) is 1.00. The Morgan fingerprint density at radius 2 is 1.53 bits per heavy atom. The lowest BCUT2D eigenvalue weighted by atomic mass is 9.67. The van der Waals surface area contributed by atoms with Gasteiger partial charge in [-0.1, -0.05) is 33.1 Å². The van der Waals surface area contributed by atoms with Gasteiger partial charge < -0.3 is 0 Å². The molecule has 3 fully saturated rings. The predicted octanol–water partition coefficient (Wildman–Crippen LogP) is 4.49. The second-order valence-corrected chi connectivity index (χ2v) is 6.83. The summed E-state index contributed by atoms with van der Waals surface area (Å²) in [5.41, 5.74) is 0. The Balaban J connectivity index is 1.73. The normalized spacial score (nSPS) is 49.4. The van der Waals surface area contributed by atoms with Crippen molar-refractivity contribution < 1.29 is 0 Å². The minimum atomic E-state index is 0.943. The van der Waals surface area contributed by atoms with Crippen LogP contribution in [0.3, 0.4) is 0 Å². The van der Waals surface area contributed by atoms with E-state index in [2.05, 4.69) is 13.8 Å². The maximum absolute atomic E-state index is 2.45. The van der Waals surface area contributed by atoms with Gasteiger partial charge in [0, 0.05) is 0 Å². The summed E-state index contributed by atoms with van der Waals surface area (Å²) in [7, 11) is 0. The SMILES string of the molecule is CC(C)C1CCC2CC3CCCC3CC21. The first-order valence-corrected chi connectivity index (χ1v) is 7.25. The number of fused-ring (bicyclic) bond motifs is 2. The molecule has 0 N–H and O–H groups in total. The van der Waals surface area contributed by atoms with E-state index >= 15 is 0 Å². The van der Waals surface area contributed by atoms with Crippen molar-refractivity contribution in [3.05, 3.63) is 0 Å². The Bertz CT molecular complexity index is 230. The van der Waals surface area contributed by atoms with E-state index in [0.717, 1.165) is 35.5 Å². The number of hydrogen-bond acceptors (Lipinski definition) is 0. The fourth-order valence-electron chi connectivity index (χ4n) is 5.14. The highest BCUT2D eigenvalue weighted by Crippen LogP contribution is 2.55. The molecule has 3 saturated carbocycles. The van der Waals surface area contributed by atoms with Crippen molar-refractivity contribution in [2.45, 2.75) is 58.8 Å². The molecule has 15 heavy (non-hydrogen) atoms. The molecule has 0 aliphatic heterocycles. The summed E-state index contributed by atoms with van der Waals surface area (Å²) in [5.74, 6) is 6.58. The fourth-order valence-corrected chi connectivity index (χ4v) is 5.14. The average molecular weight is 206 g/mol. The van der Waals surface area contributed by atoms with Gasteiger partial charge in [0.1, 0.15) is 0 Å². The largest absolute Gasteiger partial charge is 0.0625 e. The molecule has 3 aliphatic rings. The Labute approximate surface area is 94.8 Å². The topological polar surface area (TPSA) is 0 Å². The molecule has 0 aromatic carbocycles. The van der Waals surface area contributed by atoms with E-state index in [4.69, 9.17) is 0 Å². The first kappa shape index (κ1) is 10.2. The third-order valence-corrected chi connectivity index (χ3v) is 5.88. The van der Waals surface area contributed by atoms with Crippen LogP contribution in [0.4, 0.5) is 0 Å². The van der Waals surface area contributed by atoms with Crippen LogP contribution in [0, 0.1) is 35.5 Å². The molecule has 0 amide bonds. The standard InChI is InChI=1S/C15H26/c1-10(2)14-7-6-13-8-11-4-3-5-12(11)9-15(13)14/h10-15H,3-9H2,1-2H3. The van der Waals surface area contributed by atoms with Gasteiger partial charge in [-0.3, -0.25) is 0 Å². The van der Waals surface area contributed by atoms with Gasteiger partial charge in [-0.05, 0) is 61.2 Å². The molecule has 0 bridgehead atoms. The van der Waals surface area contributed by atoms with Crippen molar-refractivity contribution >= 4 is 0 Å². The molecule has 0 heterocycles. The Hall–Kier alpha value is 0. The van der Waals surface area contributed by atoms with Crippen LogP contribution in [0.25, 0.3) is 0 Å². The molecule has 0 nitrogen and oxygen atoms in total. The van der Waals surface area contributed by atoms with E-state index in [0.29, 0.717) is 0 Å². The van der Waals surface area contributed by atoms with Gasteiger partial charge in [-0.2, -0.15) is 0 Å². The summed E-state index contributed by atoms with van der Waals surface area (Å²) in [6.07, 6.45) is 11.0. The third-order valence-electron chi connectivity index (χ3n) is 5.88. The van der Waals surface area contributed by atoms with E-state index in [1.807, 2.05) is 0 Å². The molecule has 3 rings (SSSR count). The van der Waals surface area contributed by atoms with E-state index in [-0.39, 0.29) is 0 Å². The van der Waals surface area contributed by atoms with Gasteiger partial charge in [-0.15, -0.1) is 0 Å². The van der Waals surface area contributed by atoms with Gasteiger partial charge in [-0.25, -0.2) is 0 Å². The molecule has 3 aliphatic carbocycles. The quantitative estimate of drug-likeness (QED) is 0.593. The van der Waals surface area contributed by atoms with Crippen LogP contribution in [0.1, 0.15) is 58.8 Å². The highest BCUT2D eigenvalue weighted by atomic mass is 14.5. The zero-order chi connectivity index (χ0) is 10.4. The highest BCUT2D eigenvalue weighted by molar-refractivity contribution is 4.95. The molecule has 0 aromatic rings. The maximum Gasteiger partial charge on any atom is -0.0352 e. The first-order chi connectivity index (χ1) is 7.25. The van der Waals surface area contributed by atoms with Crippen LogP contribution < -0.4 is 0 Å². The summed E-state index contributed by atoms with van der Waals surface area (Å²) in [6.45, 7) is 4.90. The lowest BCUT2D eigenvalue weighted by molar-refractivity contribution is 0.114. The van der Waals surface area contributed by atoms with Gasteiger partial charge in [0.15, 0.2) is 0 Å². The van der Waals surface area contributed by atoms with Crippen molar-refractivity contribution in [2.24, 2.45) is 35.5 Å². The van der Waals surface area contributed by atoms with Crippen LogP contribution in [0.5, 0.6) is 0 Å². The van der Waals surface area contributed by atoms with Crippen molar-refractivity contribution in [2.75, 3.05) is 0 Å². The van der Waals surface area contributed by atoms with E-state index in [1.54, 1.807) is 44.9 Å². The van der Waals surface area contributed by atoms with E-state index in [1.165, 1.54) is 0 Å². The molecular formula is C15H26. The number of rotatable bonds is 1. The van der Waals surface area contributed by atoms with Gasteiger partial charge in [0.2, 0.25) is 0 Å². The summed E-state index contributed by atoms with van der Waals surface area (Å²) >= 11 is 0. The third kappa shape index (κ3) is 1.65. The summed E-state index contributed by atoms with van der Waals surface area (Å²) in [6, 6.07) is 0. The maximum atomic E-state index is 2.45. The molecule has 86 valence electrons. The van der Waals surface area contributed by atoms with Gasteiger partial charge >= 0.3 is 0 Å². The smallest absolute Gasteiger partial charge is 0.0352 e. The summed E-state index contributed by atoms with van der Waals surface area (Å²) in [5, 5.41) is 0. The van der Waals surface area contributed by atoms with Crippen LogP contribution in [0.2, 0.25) is 0 Å². The average Bonchev–Trinajstić information content (AvgIpc) is 2.77. The zero-order valence-corrected chi connectivity index (χ0v) is 10.4. The van der Waals surface area contributed by atoms with Crippen molar-refractivity contribution in [3.63, 3.8) is 0 Å². The molecule has 0 aromatic heterocycles. The second-order valence-electron chi connectivity index (χ2n) is 6.83. The van der Waals surface area contributed by atoms with E-state index in [9.17, 15) is 0 Å².